The number of aliphatic imine (C=N–C) groups is 1. The number of benzene rings is 1. The molecule has 29 heavy (non-hydrogen) atoms. The predicted molar refractivity (Wildman–Crippen MR) is 125 cm³/mol. The summed E-state index contributed by atoms with van der Waals surface area (Å²) in [4.78, 5) is 18.6. The van der Waals surface area contributed by atoms with Crippen LogP contribution in [0.3, 0.4) is 0 Å². The second kappa shape index (κ2) is 12.2. The van der Waals surface area contributed by atoms with Crippen molar-refractivity contribution >= 4 is 36.0 Å². The number of rotatable bonds is 5. The van der Waals surface area contributed by atoms with E-state index < -0.39 is 5.60 Å². The molecule has 1 amide bonds. The highest BCUT2D eigenvalue weighted by Crippen LogP contribution is 2.19. The first-order chi connectivity index (χ1) is 13.3. The van der Waals surface area contributed by atoms with E-state index in [1.807, 2.05) is 33.8 Å². The Kier molecular flexibility index (Phi) is 10.7. The third-order valence-electron chi connectivity index (χ3n) is 4.44. The van der Waals surface area contributed by atoms with Gasteiger partial charge in [0, 0.05) is 31.7 Å². The van der Waals surface area contributed by atoms with Crippen molar-refractivity contribution in [1.82, 2.24) is 15.5 Å². The van der Waals surface area contributed by atoms with Crippen LogP contribution in [0.4, 0.5) is 9.18 Å². The monoisotopic (exact) mass is 520 g/mol. The van der Waals surface area contributed by atoms with Gasteiger partial charge in [0.05, 0.1) is 6.54 Å². The molecule has 1 aliphatic heterocycles. The van der Waals surface area contributed by atoms with E-state index >= 15 is 0 Å². The number of carbonyl (C=O) groups excluding carboxylic acids is 1. The molecule has 1 atom stereocenters. The van der Waals surface area contributed by atoms with E-state index in [9.17, 15) is 9.18 Å². The summed E-state index contributed by atoms with van der Waals surface area (Å²) < 4.78 is 19.3. The van der Waals surface area contributed by atoms with Gasteiger partial charge >= 0.3 is 6.09 Å². The largest absolute Gasteiger partial charge is 0.444 e. The maximum absolute atomic E-state index is 13.8. The molecule has 0 aliphatic carbocycles. The molecule has 0 aromatic heterocycles. The number of halogens is 2. The Morgan fingerprint density at radius 3 is 2.69 bits per heavy atom. The summed E-state index contributed by atoms with van der Waals surface area (Å²) in [6.45, 7) is 10.7. The molecule has 1 unspecified atom stereocenters. The fourth-order valence-electron chi connectivity index (χ4n) is 3.10. The molecule has 1 aromatic carbocycles. The minimum absolute atomic E-state index is 0. The Morgan fingerprint density at radius 2 is 2.03 bits per heavy atom. The molecule has 2 N–H and O–H groups in total. The minimum atomic E-state index is -0.486. The molecular weight excluding hydrogens is 486 g/mol. The van der Waals surface area contributed by atoms with Crippen molar-refractivity contribution in [3.8, 4) is 0 Å². The number of piperidine rings is 1. The zero-order valence-electron chi connectivity index (χ0n) is 17.8. The first kappa shape index (κ1) is 25.5. The molecule has 1 saturated heterocycles. The number of likely N-dealkylation sites (tertiary alicyclic amines) is 1. The lowest BCUT2D eigenvalue weighted by Gasteiger charge is -2.34. The predicted octanol–water partition coefficient (Wildman–Crippen LogP) is 4.15. The van der Waals surface area contributed by atoms with Gasteiger partial charge < -0.3 is 20.3 Å². The van der Waals surface area contributed by atoms with Crippen molar-refractivity contribution in [2.45, 2.75) is 52.7 Å². The minimum Gasteiger partial charge on any atom is -0.444 e. The average Bonchev–Trinajstić information content (AvgIpc) is 2.64. The van der Waals surface area contributed by atoms with Crippen LogP contribution in [-0.2, 0) is 11.3 Å². The third-order valence-corrected chi connectivity index (χ3v) is 4.44. The summed E-state index contributed by atoms with van der Waals surface area (Å²) in [6.07, 6.45) is 1.74. The lowest BCUT2D eigenvalue weighted by molar-refractivity contribution is 0.0168. The average molecular weight is 520 g/mol. The summed E-state index contributed by atoms with van der Waals surface area (Å²) in [5.74, 6) is 0.723. The van der Waals surface area contributed by atoms with Crippen molar-refractivity contribution in [1.29, 1.82) is 0 Å². The normalized spacial score (nSPS) is 17.3. The molecular formula is C21H34FIN4O2. The van der Waals surface area contributed by atoms with Gasteiger partial charge in [0.2, 0.25) is 0 Å². The van der Waals surface area contributed by atoms with Crippen LogP contribution in [0.5, 0.6) is 0 Å². The number of ether oxygens (including phenoxy) is 1. The number of nitrogens with one attached hydrogen (secondary N) is 2. The topological polar surface area (TPSA) is 66.0 Å². The molecule has 8 heteroatoms. The van der Waals surface area contributed by atoms with Crippen LogP contribution < -0.4 is 10.6 Å². The zero-order valence-corrected chi connectivity index (χ0v) is 20.2. The van der Waals surface area contributed by atoms with Gasteiger partial charge in [0.25, 0.3) is 0 Å². The van der Waals surface area contributed by atoms with Gasteiger partial charge in [-0.15, -0.1) is 24.0 Å². The van der Waals surface area contributed by atoms with Crippen molar-refractivity contribution in [2.75, 3.05) is 26.2 Å². The maximum Gasteiger partial charge on any atom is 0.410 e. The van der Waals surface area contributed by atoms with E-state index in [-0.39, 0.29) is 42.4 Å². The SMILES string of the molecule is CCNC(=NCc1ccccc1F)NCC1CCCN(C(=O)OC(C)(C)C)C1.I. The van der Waals surface area contributed by atoms with Gasteiger partial charge in [-0.25, -0.2) is 14.2 Å². The molecule has 164 valence electrons. The van der Waals surface area contributed by atoms with E-state index in [1.165, 1.54) is 6.07 Å². The van der Waals surface area contributed by atoms with Gasteiger partial charge in [-0.3, -0.25) is 0 Å². The molecule has 6 nitrogen and oxygen atoms in total. The number of carbonyl (C=O) groups is 1. The molecule has 0 spiro atoms. The fourth-order valence-corrected chi connectivity index (χ4v) is 3.10. The Balaban J connectivity index is 0.00000420. The molecule has 1 aromatic rings. The van der Waals surface area contributed by atoms with Crippen LogP contribution in [-0.4, -0.2) is 48.7 Å². The van der Waals surface area contributed by atoms with Gasteiger partial charge in [-0.2, -0.15) is 0 Å². The fraction of sp³-hybridized carbons (Fsp3) is 0.619. The van der Waals surface area contributed by atoms with Crippen LogP contribution >= 0.6 is 24.0 Å². The molecule has 1 fully saturated rings. The maximum atomic E-state index is 13.8. The zero-order chi connectivity index (χ0) is 20.6. The van der Waals surface area contributed by atoms with Crippen LogP contribution in [0.15, 0.2) is 29.3 Å². The van der Waals surface area contributed by atoms with E-state index in [0.717, 1.165) is 25.9 Å². The molecule has 1 aliphatic rings. The summed E-state index contributed by atoms with van der Waals surface area (Å²) in [7, 11) is 0. The number of guanidine groups is 1. The Morgan fingerprint density at radius 1 is 1.31 bits per heavy atom. The number of nitrogens with zero attached hydrogens (tertiary/aromatic N) is 2. The molecule has 2 rings (SSSR count). The van der Waals surface area contributed by atoms with Gasteiger partial charge in [0.15, 0.2) is 5.96 Å². The molecule has 0 radical (unpaired) electrons. The van der Waals surface area contributed by atoms with Gasteiger partial charge in [-0.1, -0.05) is 18.2 Å². The first-order valence-electron chi connectivity index (χ1n) is 10.0. The molecule has 0 bridgehead atoms. The Labute approximate surface area is 190 Å². The highest BCUT2D eigenvalue weighted by atomic mass is 127. The van der Waals surface area contributed by atoms with Crippen molar-refractivity contribution < 1.29 is 13.9 Å². The van der Waals surface area contributed by atoms with Crippen LogP contribution in [0.25, 0.3) is 0 Å². The van der Waals surface area contributed by atoms with Crippen LogP contribution in [0.2, 0.25) is 0 Å². The summed E-state index contributed by atoms with van der Waals surface area (Å²) in [5.41, 5.74) is 0.0772. The second-order valence-corrected chi connectivity index (χ2v) is 8.10. The van der Waals surface area contributed by atoms with E-state index in [0.29, 0.717) is 30.5 Å². The van der Waals surface area contributed by atoms with E-state index in [2.05, 4.69) is 15.6 Å². The van der Waals surface area contributed by atoms with E-state index in [1.54, 1.807) is 17.0 Å². The second-order valence-electron chi connectivity index (χ2n) is 8.10. The van der Waals surface area contributed by atoms with Crippen molar-refractivity contribution in [3.63, 3.8) is 0 Å². The van der Waals surface area contributed by atoms with Crippen LogP contribution in [0.1, 0.15) is 46.1 Å². The van der Waals surface area contributed by atoms with Gasteiger partial charge in [-0.05, 0) is 52.5 Å². The third kappa shape index (κ3) is 9.18. The summed E-state index contributed by atoms with van der Waals surface area (Å²) in [5, 5.41) is 6.51. The first-order valence-corrected chi connectivity index (χ1v) is 10.0. The standard InChI is InChI=1S/C21H33FN4O2.HI/c1-5-23-19(25-14-17-10-6-7-11-18(17)22)24-13-16-9-8-12-26(15-16)20(27)28-21(2,3)4;/h6-7,10-11,16H,5,8-9,12-15H2,1-4H3,(H2,23,24,25);1H. The Hall–Kier alpha value is -1.58. The number of hydrogen-bond acceptors (Lipinski definition) is 3. The highest BCUT2D eigenvalue weighted by molar-refractivity contribution is 14.0. The lowest BCUT2D eigenvalue weighted by Crippen LogP contribution is -2.47. The summed E-state index contributed by atoms with van der Waals surface area (Å²) >= 11 is 0. The van der Waals surface area contributed by atoms with E-state index in [4.69, 9.17) is 4.74 Å². The van der Waals surface area contributed by atoms with Crippen LogP contribution in [0, 0.1) is 11.7 Å². The Bertz CT molecular complexity index is 679. The summed E-state index contributed by atoms with van der Waals surface area (Å²) in [6, 6.07) is 6.66. The van der Waals surface area contributed by atoms with Gasteiger partial charge in [0.1, 0.15) is 11.4 Å². The molecule has 1 heterocycles. The number of amides is 1. The quantitative estimate of drug-likeness (QED) is 0.348. The number of hydrogen-bond donors (Lipinski definition) is 2. The highest BCUT2D eigenvalue weighted by Gasteiger charge is 2.27. The smallest absolute Gasteiger partial charge is 0.410 e. The van der Waals surface area contributed by atoms with Crippen molar-refractivity contribution in [2.24, 2.45) is 10.9 Å². The lowest BCUT2D eigenvalue weighted by atomic mass is 9.98. The molecule has 0 saturated carbocycles. The van der Waals surface area contributed by atoms with Crippen molar-refractivity contribution in [3.05, 3.63) is 35.6 Å².